The maximum Gasteiger partial charge on any atom is 0.418 e. The van der Waals surface area contributed by atoms with Crippen molar-refractivity contribution in [1.82, 2.24) is 14.8 Å². The highest BCUT2D eigenvalue weighted by Crippen LogP contribution is 2.45. The number of aromatic nitrogens is 3. The summed E-state index contributed by atoms with van der Waals surface area (Å²) in [5, 5.41) is 21.5. The summed E-state index contributed by atoms with van der Waals surface area (Å²) < 4.78 is 41.1. The van der Waals surface area contributed by atoms with E-state index < -0.39 is 27.4 Å². The molecule has 2 aromatic heterocycles. The minimum absolute atomic E-state index is 0.00928. The summed E-state index contributed by atoms with van der Waals surface area (Å²) in [7, 11) is 0. The number of thiophene rings is 1. The smallest absolute Gasteiger partial charge is 0.302 e. The van der Waals surface area contributed by atoms with Crippen LogP contribution in [0.5, 0.6) is 0 Å². The summed E-state index contributed by atoms with van der Waals surface area (Å²) in [5.74, 6) is 0.720. The molecular formula is C17H12ClF3N4O2S2. The van der Waals surface area contributed by atoms with Gasteiger partial charge in [-0.3, -0.25) is 10.1 Å². The van der Waals surface area contributed by atoms with Gasteiger partial charge in [-0.05, 0) is 42.1 Å². The Kier molecular flexibility index (Phi) is 5.30. The highest BCUT2D eigenvalue weighted by molar-refractivity contribution is 7.99. The second kappa shape index (κ2) is 7.62. The number of alkyl halides is 3. The topological polar surface area (TPSA) is 73.8 Å². The number of nitro benzene ring substituents is 1. The lowest BCUT2D eigenvalue weighted by Gasteiger charge is -2.12. The highest BCUT2D eigenvalue weighted by atomic mass is 35.5. The van der Waals surface area contributed by atoms with Crippen molar-refractivity contribution in [3.8, 4) is 0 Å². The summed E-state index contributed by atoms with van der Waals surface area (Å²) in [5.41, 5.74) is -1.91. The van der Waals surface area contributed by atoms with Crippen molar-refractivity contribution >= 4 is 40.4 Å². The normalized spacial score (nSPS) is 14.3. The summed E-state index contributed by atoms with van der Waals surface area (Å²) in [6.07, 6.45) is -2.36. The molecule has 2 heterocycles. The minimum atomic E-state index is -4.78. The molecule has 12 heteroatoms. The first-order chi connectivity index (χ1) is 13.7. The van der Waals surface area contributed by atoms with Gasteiger partial charge in [0.25, 0.3) is 5.69 Å². The molecule has 0 radical (unpaired) electrons. The van der Waals surface area contributed by atoms with Crippen molar-refractivity contribution in [2.75, 3.05) is 0 Å². The summed E-state index contributed by atoms with van der Waals surface area (Å²) in [6.45, 7) is 0. The van der Waals surface area contributed by atoms with Crippen molar-refractivity contribution < 1.29 is 18.1 Å². The van der Waals surface area contributed by atoms with Gasteiger partial charge < -0.3 is 4.57 Å². The van der Waals surface area contributed by atoms with Gasteiger partial charge >= 0.3 is 6.18 Å². The van der Waals surface area contributed by atoms with Crippen LogP contribution in [0.2, 0.25) is 5.02 Å². The fraction of sp³-hybridized carbons (Fsp3) is 0.294. The van der Waals surface area contributed by atoms with Crippen LogP contribution in [-0.2, 0) is 12.6 Å². The first-order valence-electron chi connectivity index (χ1n) is 8.43. The maximum atomic E-state index is 13.1. The van der Waals surface area contributed by atoms with Gasteiger partial charge in [0.2, 0.25) is 0 Å². The van der Waals surface area contributed by atoms with Crippen LogP contribution in [0.1, 0.15) is 35.1 Å². The molecule has 0 amide bonds. The number of halogens is 4. The molecule has 0 bridgehead atoms. The lowest BCUT2D eigenvalue weighted by atomic mass is 10.2. The Hall–Kier alpha value is -2.11. The number of hydrogen-bond acceptors (Lipinski definition) is 6. The standard InChI is InChI=1S/C17H12ClF3N4O2S2/c18-12-8-14(13(25(26)27)7-11(12)17(19,20)21)29-16-23-22-15(24(16)9-3-4-9)6-10-2-1-5-28-10/h1-2,5,7-9H,3-4,6H2. The Balaban J connectivity index is 1.72. The highest BCUT2D eigenvalue weighted by Gasteiger charge is 2.37. The summed E-state index contributed by atoms with van der Waals surface area (Å²) in [6, 6.07) is 5.53. The molecule has 3 aromatic rings. The molecule has 0 saturated heterocycles. The number of benzene rings is 1. The Morgan fingerprint density at radius 3 is 2.69 bits per heavy atom. The van der Waals surface area contributed by atoms with Gasteiger partial charge in [0.15, 0.2) is 5.16 Å². The van der Waals surface area contributed by atoms with E-state index in [1.54, 1.807) is 11.3 Å². The maximum absolute atomic E-state index is 13.1. The Labute approximate surface area is 175 Å². The zero-order valence-electron chi connectivity index (χ0n) is 14.5. The monoisotopic (exact) mass is 460 g/mol. The fourth-order valence-electron chi connectivity index (χ4n) is 2.85. The third kappa shape index (κ3) is 4.26. The van der Waals surface area contributed by atoms with Crippen LogP contribution in [0.25, 0.3) is 0 Å². The minimum Gasteiger partial charge on any atom is -0.302 e. The van der Waals surface area contributed by atoms with Crippen molar-refractivity contribution in [2.45, 2.75) is 41.5 Å². The quantitative estimate of drug-likeness (QED) is 0.333. The van der Waals surface area contributed by atoms with E-state index in [9.17, 15) is 23.3 Å². The number of hydrogen-bond donors (Lipinski definition) is 0. The molecule has 1 aliphatic carbocycles. The van der Waals surface area contributed by atoms with Crippen molar-refractivity contribution in [3.05, 3.63) is 61.0 Å². The van der Waals surface area contributed by atoms with Gasteiger partial charge in [-0.15, -0.1) is 21.5 Å². The molecule has 1 aliphatic rings. The van der Waals surface area contributed by atoms with Crippen LogP contribution in [0.3, 0.4) is 0 Å². The van der Waals surface area contributed by atoms with E-state index in [1.807, 2.05) is 22.1 Å². The largest absolute Gasteiger partial charge is 0.418 e. The number of rotatable bonds is 6. The van der Waals surface area contributed by atoms with Crippen molar-refractivity contribution in [2.24, 2.45) is 0 Å². The Bertz CT molecular complexity index is 1070. The second-order valence-corrected chi connectivity index (χ2v) is 8.86. The summed E-state index contributed by atoms with van der Waals surface area (Å²) in [4.78, 5) is 11.6. The molecule has 152 valence electrons. The van der Waals surface area contributed by atoms with Crippen LogP contribution in [-0.4, -0.2) is 19.7 Å². The molecule has 0 atom stereocenters. The molecule has 29 heavy (non-hydrogen) atoms. The zero-order chi connectivity index (χ0) is 20.8. The molecule has 0 aliphatic heterocycles. The predicted molar refractivity (Wildman–Crippen MR) is 103 cm³/mol. The third-order valence-corrected chi connectivity index (χ3v) is 6.51. The zero-order valence-corrected chi connectivity index (χ0v) is 16.9. The van der Waals surface area contributed by atoms with Crippen molar-refractivity contribution in [3.63, 3.8) is 0 Å². The van der Waals surface area contributed by atoms with Gasteiger partial charge in [0.1, 0.15) is 5.82 Å². The van der Waals surface area contributed by atoms with E-state index in [1.165, 1.54) is 0 Å². The van der Waals surface area contributed by atoms with Gasteiger partial charge in [-0.25, -0.2) is 0 Å². The average molecular weight is 461 g/mol. The Morgan fingerprint density at radius 1 is 1.34 bits per heavy atom. The van der Waals surface area contributed by atoms with E-state index >= 15 is 0 Å². The predicted octanol–water partition coefficient (Wildman–Crippen LogP) is 6.00. The number of nitro groups is 1. The van der Waals surface area contributed by atoms with Crippen LogP contribution in [0, 0.1) is 10.1 Å². The first-order valence-corrected chi connectivity index (χ1v) is 10.5. The van der Waals surface area contributed by atoms with Crippen LogP contribution < -0.4 is 0 Å². The summed E-state index contributed by atoms with van der Waals surface area (Å²) >= 11 is 8.26. The van der Waals surface area contributed by atoms with E-state index in [2.05, 4.69) is 10.2 Å². The van der Waals surface area contributed by atoms with Gasteiger partial charge in [-0.2, -0.15) is 13.2 Å². The molecule has 6 nitrogen and oxygen atoms in total. The lowest BCUT2D eigenvalue weighted by Crippen LogP contribution is -2.07. The lowest BCUT2D eigenvalue weighted by molar-refractivity contribution is -0.388. The molecule has 1 saturated carbocycles. The molecule has 0 spiro atoms. The molecule has 0 unspecified atom stereocenters. The molecule has 1 aromatic carbocycles. The van der Waals surface area contributed by atoms with E-state index in [4.69, 9.17) is 11.6 Å². The first kappa shape index (κ1) is 20.2. The molecule has 0 N–H and O–H groups in total. The number of nitrogens with zero attached hydrogens (tertiary/aromatic N) is 4. The average Bonchev–Trinajstić information content (AvgIpc) is 3.18. The van der Waals surface area contributed by atoms with E-state index in [-0.39, 0.29) is 10.9 Å². The fourth-order valence-corrected chi connectivity index (χ4v) is 4.93. The van der Waals surface area contributed by atoms with Gasteiger partial charge in [0.05, 0.1) is 20.4 Å². The van der Waals surface area contributed by atoms with Crippen LogP contribution >= 0.6 is 34.7 Å². The van der Waals surface area contributed by atoms with Gasteiger partial charge in [-0.1, -0.05) is 17.7 Å². The SMILES string of the molecule is O=[N+]([O-])c1cc(C(F)(F)F)c(Cl)cc1Sc1nnc(Cc2cccs2)n1C1CC1. The molecule has 4 rings (SSSR count). The molecular weight excluding hydrogens is 449 g/mol. The third-order valence-electron chi connectivity index (χ3n) is 4.31. The van der Waals surface area contributed by atoms with Crippen LogP contribution in [0.15, 0.2) is 39.7 Å². The Morgan fingerprint density at radius 2 is 2.10 bits per heavy atom. The molecule has 1 fully saturated rings. The van der Waals surface area contributed by atoms with Crippen LogP contribution in [0.4, 0.5) is 18.9 Å². The second-order valence-electron chi connectivity index (χ2n) is 6.41. The van der Waals surface area contributed by atoms with E-state index in [0.717, 1.165) is 41.4 Å². The van der Waals surface area contributed by atoms with Crippen molar-refractivity contribution in [1.29, 1.82) is 0 Å². The van der Waals surface area contributed by atoms with E-state index in [0.29, 0.717) is 17.6 Å². The van der Waals surface area contributed by atoms with Gasteiger partial charge in [0, 0.05) is 23.4 Å².